The predicted molar refractivity (Wildman–Crippen MR) is 95.3 cm³/mol. The van der Waals surface area contributed by atoms with Crippen LogP contribution in [0.1, 0.15) is 24.4 Å². The van der Waals surface area contributed by atoms with Crippen molar-refractivity contribution >= 4 is 24.3 Å². The lowest BCUT2D eigenvalue weighted by Crippen LogP contribution is -2.36. The van der Waals surface area contributed by atoms with Crippen LogP contribution in [-0.4, -0.2) is 46.3 Å². The number of methoxy groups -OCH3 is 3. The molecule has 2 unspecified atom stereocenters. The van der Waals surface area contributed by atoms with E-state index in [0.29, 0.717) is 18.0 Å². The fourth-order valence-corrected chi connectivity index (χ4v) is 2.74. The number of carbonyl (C=O) groups excluding carboxylic acids is 2. The Labute approximate surface area is 153 Å². The second kappa shape index (κ2) is 10.1. The van der Waals surface area contributed by atoms with E-state index in [-0.39, 0.29) is 36.6 Å². The molecule has 1 heterocycles. The fourth-order valence-electron chi connectivity index (χ4n) is 2.74. The van der Waals surface area contributed by atoms with Gasteiger partial charge in [-0.1, -0.05) is 6.07 Å². The smallest absolute Gasteiger partial charge is 0.307 e. The van der Waals surface area contributed by atoms with E-state index >= 15 is 0 Å². The molecule has 1 aromatic carbocycles. The third kappa shape index (κ3) is 5.51. The number of esters is 1. The Bertz CT molecular complexity index is 590. The Morgan fingerprint density at radius 3 is 2.52 bits per heavy atom. The van der Waals surface area contributed by atoms with Crippen molar-refractivity contribution < 1.29 is 23.8 Å². The van der Waals surface area contributed by atoms with Crippen LogP contribution in [0.15, 0.2) is 18.2 Å². The highest BCUT2D eigenvalue weighted by molar-refractivity contribution is 5.85. The molecule has 1 aromatic rings. The number of amides is 1. The molecule has 140 valence electrons. The van der Waals surface area contributed by atoms with E-state index in [1.807, 2.05) is 6.07 Å². The largest absolute Gasteiger partial charge is 0.493 e. The molecule has 0 spiro atoms. The van der Waals surface area contributed by atoms with Gasteiger partial charge in [0.2, 0.25) is 5.91 Å². The number of hydrogen-bond donors (Lipinski definition) is 2. The van der Waals surface area contributed by atoms with Crippen LogP contribution in [0.3, 0.4) is 0 Å². The normalized spacial score (nSPS) is 17.2. The lowest BCUT2D eigenvalue weighted by Gasteiger charge is -2.21. The molecule has 8 heteroatoms. The van der Waals surface area contributed by atoms with Gasteiger partial charge in [-0.3, -0.25) is 9.59 Å². The highest BCUT2D eigenvalue weighted by atomic mass is 35.5. The van der Waals surface area contributed by atoms with E-state index < -0.39 is 6.04 Å². The van der Waals surface area contributed by atoms with E-state index in [4.69, 9.17) is 14.2 Å². The first-order valence-corrected chi connectivity index (χ1v) is 7.88. The molecular weight excluding hydrogens is 348 g/mol. The quantitative estimate of drug-likeness (QED) is 0.705. The molecule has 7 nitrogen and oxygen atoms in total. The van der Waals surface area contributed by atoms with Crippen molar-refractivity contribution in [2.45, 2.75) is 18.9 Å². The maximum Gasteiger partial charge on any atom is 0.307 e. The molecule has 1 saturated heterocycles. The number of halogens is 1. The molecule has 1 fully saturated rings. The maximum absolute atomic E-state index is 12.4. The molecule has 1 amide bonds. The standard InChI is InChI=1S/C17H24N2O5.ClH/c1-22-14-5-4-11(8-15(14)23-2)13(9-16(20)24-3)19-17(21)12-6-7-18-10-12;/h4-5,8,12-13,18H,6-7,9-10H2,1-3H3,(H,19,21);1H. The van der Waals surface area contributed by atoms with Gasteiger partial charge in [0.05, 0.1) is 39.7 Å². The van der Waals surface area contributed by atoms with Crippen LogP contribution >= 0.6 is 12.4 Å². The van der Waals surface area contributed by atoms with Crippen LogP contribution < -0.4 is 20.1 Å². The first kappa shape index (κ1) is 21.1. The second-order valence-corrected chi connectivity index (χ2v) is 5.65. The summed E-state index contributed by atoms with van der Waals surface area (Å²) in [6.07, 6.45) is 0.848. The molecule has 1 aliphatic heterocycles. The number of nitrogens with one attached hydrogen (secondary N) is 2. The number of carbonyl (C=O) groups is 2. The minimum absolute atomic E-state index is 0. The van der Waals surface area contributed by atoms with Gasteiger partial charge in [0, 0.05) is 6.54 Å². The summed E-state index contributed by atoms with van der Waals surface area (Å²) < 4.78 is 15.3. The monoisotopic (exact) mass is 372 g/mol. The first-order valence-electron chi connectivity index (χ1n) is 7.88. The van der Waals surface area contributed by atoms with Crippen LogP contribution in [0.5, 0.6) is 11.5 Å². The van der Waals surface area contributed by atoms with Crippen molar-refractivity contribution in [1.82, 2.24) is 10.6 Å². The molecule has 0 radical (unpaired) electrons. The minimum Gasteiger partial charge on any atom is -0.493 e. The number of ether oxygens (including phenoxy) is 3. The van der Waals surface area contributed by atoms with E-state index in [1.54, 1.807) is 26.4 Å². The summed E-state index contributed by atoms with van der Waals surface area (Å²) in [6, 6.07) is 4.84. The molecular formula is C17H25ClN2O5. The molecule has 2 rings (SSSR count). The molecule has 2 atom stereocenters. The van der Waals surface area contributed by atoms with Gasteiger partial charge in [-0.05, 0) is 30.7 Å². The summed E-state index contributed by atoms with van der Waals surface area (Å²) in [5.41, 5.74) is 0.761. The average molecular weight is 373 g/mol. The highest BCUT2D eigenvalue weighted by Gasteiger charge is 2.27. The van der Waals surface area contributed by atoms with Crippen LogP contribution in [0, 0.1) is 5.92 Å². The van der Waals surface area contributed by atoms with Crippen molar-refractivity contribution in [2.24, 2.45) is 5.92 Å². The Morgan fingerprint density at radius 1 is 1.24 bits per heavy atom. The highest BCUT2D eigenvalue weighted by Crippen LogP contribution is 2.31. The summed E-state index contributed by atoms with van der Waals surface area (Å²) in [7, 11) is 4.43. The van der Waals surface area contributed by atoms with Crippen molar-refractivity contribution in [3.05, 3.63) is 23.8 Å². The lowest BCUT2D eigenvalue weighted by molar-refractivity contribution is -0.141. The van der Waals surface area contributed by atoms with Crippen molar-refractivity contribution in [1.29, 1.82) is 0 Å². The van der Waals surface area contributed by atoms with Gasteiger partial charge in [0.1, 0.15) is 0 Å². The van der Waals surface area contributed by atoms with E-state index in [9.17, 15) is 9.59 Å². The summed E-state index contributed by atoms with van der Waals surface area (Å²) in [5, 5.41) is 6.12. The van der Waals surface area contributed by atoms with Gasteiger partial charge >= 0.3 is 5.97 Å². The van der Waals surface area contributed by atoms with E-state index in [2.05, 4.69) is 10.6 Å². The minimum atomic E-state index is -0.481. The average Bonchev–Trinajstić information content (AvgIpc) is 3.15. The number of hydrogen-bond acceptors (Lipinski definition) is 6. The molecule has 0 bridgehead atoms. The maximum atomic E-state index is 12.4. The van der Waals surface area contributed by atoms with Crippen LogP contribution in [-0.2, 0) is 14.3 Å². The van der Waals surface area contributed by atoms with Gasteiger partial charge in [-0.15, -0.1) is 12.4 Å². The molecule has 25 heavy (non-hydrogen) atoms. The van der Waals surface area contributed by atoms with Gasteiger partial charge in [0.15, 0.2) is 11.5 Å². The topological polar surface area (TPSA) is 85.9 Å². The number of benzene rings is 1. The third-order valence-electron chi connectivity index (χ3n) is 4.16. The fraction of sp³-hybridized carbons (Fsp3) is 0.529. The van der Waals surface area contributed by atoms with Gasteiger partial charge in [0.25, 0.3) is 0 Å². The van der Waals surface area contributed by atoms with Gasteiger partial charge < -0.3 is 24.8 Å². The number of rotatable bonds is 7. The summed E-state index contributed by atoms with van der Waals surface area (Å²) >= 11 is 0. The zero-order valence-corrected chi connectivity index (χ0v) is 15.5. The Balaban J connectivity index is 0.00000312. The first-order chi connectivity index (χ1) is 11.6. The molecule has 0 aliphatic carbocycles. The van der Waals surface area contributed by atoms with Crippen LogP contribution in [0.2, 0.25) is 0 Å². The molecule has 2 N–H and O–H groups in total. The lowest BCUT2D eigenvalue weighted by atomic mass is 10.0. The molecule has 0 saturated carbocycles. The Morgan fingerprint density at radius 2 is 1.96 bits per heavy atom. The van der Waals surface area contributed by atoms with Crippen molar-refractivity contribution in [3.8, 4) is 11.5 Å². The zero-order chi connectivity index (χ0) is 17.5. The van der Waals surface area contributed by atoms with Crippen LogP contribution in [0.25, 0.3) is 0 Å². The second-order valence-electron chi connectivity index (χ2n) is 5.65. The van der Waals surface area contributed by atoms with Crippen molar-refractivity contribution in [3.63, 3.8) is 0 Å². The summed E-state index contributed by atoms with van der Waals surface area (Å²) in [4.78, 5) is 24.2. The SMILES string of the molecule is COC(=O)CC(NC(=O)C1CCNC1)c1ccc(OC)c(OC)c1.Cl. The molecule has 0 aromatic heterocycles. The van der Waals surface area contributed by atoms with Crippen molar-refractivity contribution in [2.75, 3.05) is 34.4 Å². The Kier molecular flexibility index (Phi) is 8.51. The van der Waals surface area contributed by atoms with Gasteiger partial charge in [-0.2, -0.15) is 0 Å². The molecule has 1 aliphatic rings. The van der Waals surface area contributed by atoms with E-state index in [0.717, 1.165) is 18.5 Å². The zero-order valence-electron chi connectivity index (χ0n) is 14.7. The summed E-state index contributed by atoms with van der Waals surface area (Å²) in [5.74, 6) is 0.597. The van der Waals surface area contributed by atoms with E-state index in [1.165, 1.54) is 7.11 Å². The predicted octanol–water partition coefficient (Wildman–Crippen LogP) is 1.46. The van der Waals surface area contributed by atoms with Gasteiger partial charge in [-0.25, -0.2) is 0 Å². The van der Waals surface area contributed by atoms with Crippen LogP contribution in [0.4, 0.5) is 0 Å². The Hall–Kier alpha value is -1.99. The third-order valence-corrected chi connectivity index (χ3v) is 4.16. The summed E-state index contributed by atoms with van der Waals surface area (Å²) in [6.45, 7) is 1.48.